The molecule has 1 aliphatic heterocycles. The second kappa shape index (κ2) is 7.03. The molecule has 0 radical (unpaired) electrons. The minimum atomic E-state index is 0.132. The van der Waals surface area contributed by atoms with Gasteiger partial charge in [-0.25, -0.2) is 0 Å². The molecule has 5 nitrogen and oxygen atoms in total. The zero-order valence-electron chi connectivity index (χ0n) is 13.5. The fraction of sp³-hybridized carbons (Fsp3) is 0.316. The molecule has 3 aromatic heterocycles. The average molecular weight is 323 g/mol. The molecule has 0 fully saturated rings. The van der Waals surface area contributed by atoms with Gasteiger partial charge in [0.15, 0.2) is 0 Å². The molecule has 1 unspecified atom stereocenters. The fourth-order valence-corrected chi connectivity index (χ4v) is 3.18. The summed E-state index contributed by atoms with van der Waals surface area (Å²) in [6, 6.07) is 12.2. The molecule has 5 heteroatoms. The van der Waals surface area contributed by atoms with Crippen LogP contribution in [0.1, 0.15) is 17.0 Å². The van der Waals surface area contributed by atoms with E-state index in [0.717, 1.165) is 31.9 Å². The van der Waals surface area contributed by atoms with Crippen LogP contribution in [0.3, 0.4) is 0 Å². The Kier molecular flexibility index (Phi) is 4.44. The first-order valence-electron chi connectivity index (χ1n) is 8.26. The van der Waals surface area contributed by atoms with Gasteiger partial charge in [0.1, 0.15) is 0 Å². The number of hydrogen-bond acceptors (Lipinski definition) is 4. The Morgan fingerprint density at radius 2 is 2.17 bits per heavy atom. The van der Waals surface area contributed by atoms with Gasteiger partial charge in [0.2, 0.25) is 0 Å². The fourth-order valence-electron chi connectivity index (χ4n) is 3.18. The van der Waals surface area contributed by atoms with E-state index in [1.165, 1.54) is 11.3 Å². The van der Waals surface area contributed by atoms with Crippen LogP contribution in [0.4, 0.5) is 0 Å². The summed E-state index contributed by atoms with van der Waals surface area (Å²) in [6.07, 6.45) is 7.61. The Morgan fingerprint density at radius 3 is 3.00 bits per heavy atom. The Morgan fingerprint density at radius 1 is 1.17 bits per heavy atom. The average Bonchev–Trinajstić information content (AvgIpc) is 3.23. The highest BCUT2D eigenvalue weighted by Crippen LogP contribution is 2.18. The maximum atomic E-state index is 6.18. The van der Waals surface area contributed by atoms with Crippen LogP contribution in [-0.2, 0) is 31.0 Å². The molecular formula is C19H21N3O2. The third-order valence-electron chi connectivity index (χ3n) is 4.35. The SMILES string of the molecule is c1ccc(COC2CN(Cc3ccoc3)Cc3cccn3C2)nc1. The lowest BCUT2D eigenvalue weighted by Crippen LogP contribution is -2.32. The molecule has 1 aliphatic rings. The lowest BCUT2D eigenvalue weighted by atomic mass is 10.2. The van der Waals surface area contributed by atoms with Gasteiger partial charge in [0, 0.05) is 49.8 Å². The van der Waals surface area contributed by atoms with Crippen molar-refractivity contribution in [2.45, 2.75) is 32.3 Å². The molecule has 4 rings (SSSR count). The predicted molar refractivity (Wildman–Crippen MR) is 90.1 cm³/mol. The molecule has 4 heterocycles. The van der Waals surface area contributed by atoms with Crippen molar-refractivity contribution in [2.24, 2.45) is 0 Å². The number of aromatic nitrogens is 2. The smallest absolute Gasteiger partial charge is 0.0947 e. The number of hydrogen-bond donors (Lipinski definition) is 0. The summed E-state index contributed by atoms with van der Waals surface area (Å²) >= 11 is 0. The van der Waals surface area contributed by atoms with Crippen molar-refractivity contribution in [1.82, 2.24) is 14.5 Å². The van der Waals surface area contributed by atoms with Crippen LogP contribution in [0, 0.1) is 0 Å². The van der Waals surface area contributed by atoms with Gasteiger partial charge in [-0.2, -0.15) is 0 Å². The lowest BCUT2D eigenvalue weighted by Gasteiger charge is -2.23. The van der Waals surface area contributed by atoms with Gasteiger partial charge in [0.25, 0.3) is 0 Å². The second-order valence-corrected chi connectivity index (χ2v) is 6.21. The normalized spacial score (nSPS) is 18.2. The van der Waals surface area contributed by atoms with Gasteiger partial charge in [-0.1, -0.05) is 6.07 Å². The molecule has 0 N–H and O–H groups in total. The van der Waals surface area contributed by atoms with E-state index in [-0.39, 0.29) is 6.10 Å². The zero-order chi connectivity index (χ0) is 16.2. The third kappa shape index (κ3) is 3.58. The van der Waals surface area contributed by atoms with E-state index in [1.54, 1.807) is 12.5 Å². The molecule has 124 valence electrons. The topological polar surface area (TPSA) is 43.4 Å². The number of rotatable bonds is 5. The number of nitrogens with zero attached hydrogens (tertiary/aromatic N) is 3. The van der Waals surface area contributed by atoms with Crippen molar-refractivity contribution >= 4 is 0 Å². The van der Waals surface area contributed by atoms with Crippen molar-refractivity contribution < 1.29 is 9.15 Å². The van der Waals surface area contributed by atoms with Crippen molar-refractivity contribution in [2.75, 3.05) is 6.54 Å². The van der Waals surface area contributed by atoms with E-state index >= 15 is 0 Å². The Bertz CT molecular complexity index is 752. The summed E-state index contributed by atoms with van der Waals surface area (Å²) in [6.45, 7) is 4.09. The van der Waals surface area contributed by atoms with Gasteiger partial charge >= 0.3 is 0 Å². The second-order valence-electron chi connectivity index (χ2n) is 6.21. The molecule has 3 aromatic rings. The minimum Gasteiger partial charge on any atom is -0.472 e. The van der Waals surface area contributed by atoms with Gasteiger partial charge < -0.3 is 13.7 Å². The van der Waals surface area contributed by atoms with Crippen molar-refractivity contribution in [3.05, 3.63) is 78.3 Å². The first-order chi connectivity index (χ1) is 11.9. The maximum Gasteiger partial charge on any atom is 0.0947 e. The summed E-state index contributed by atoms with van der Waals surface area (Å²) in [7, 11) is 0. The number of ether oxygens (including phenoxy) is 1. The van der Waals surface area contributed by atoms with Crippen LogP contribution < -0.4 is 0 Å². The predicted octanol–water partition coefficient (Wildman–Crippen LogP) is 3.08. The van der Waals surface area contributed by atoms with E-state index in [1.807, 2.05) is 30.5 Å². The molecule has 24 heavy (non-hydrogen) atoms. The van der Waals surface area contributed by atoms with Crippen LogP contribution in [0.5, 0.6) is 0 Å². The Labute approximate surface area is 141 Å². The first kappa shape index (κ1) is 15.2. The summed E-state index contributed by atoms with van der Waals surface area (Å²) in [5, 5.41) is 0. The Hall–Kier alpha value is -2.37. The molecule has 0 amide bonds. The van der Waals surface area contributed by atoms with Crippen LogP contribution in [-0.4, -0.2) is 27.1 Å². The highest BCUT2D eigenvalue weighted by Gasteiger charge is 2.22. The number of furan rings is 1. The van der Waals surface area contributed by atoms with E-state index in [2.05, 4.69) is 32.8 Å². The molecule has 0 aliphatic carbocycles. The van der Waals surface area contributed by atoms with E-state index < -0.39 is 0 Å². The van der Waals surface area contributed by atoms with Crippen LogP contribution in [0.15, 0.2) is 65.7 Å². The molecule has 0 bridgehead atoms. The molecular weight excluding hydrogens is 302 g/mol. The number of fused-ring (bicyclic) bond motifs is 1. The van der Waals surface area contributed by atoms with E-state index in [4.69, 9.17) is 9.15 Å². The minimum absolute atomic E-state index is 0.132. The van der Waals surface area contributed by atoms with Crippen LogP contribution in [0.2, 0.25) is 0 Å². The molecule has 1 atom stereocenters. The van der Waals surface area contributed by atoms with Crippen molar-refractivity contribution in [1.29, 1.82) is 0 Å². The first-order valence-corrected chi connectivity index (χ1v) is 8.26. The highest BCUT2D eigenvalue weighted by atomic mass is 16.5. The third-order valence-corrected chi connectivity index (χ3v) is 4.35. The van der Waals surface area contributed by atoms with E-state index in [9.17, 15) is 0 Å². The highest BCUT2D eigenvalue weighted by molar-refractivity contribution is 5.11. The maximum absolute atomic E-state index is 6.18. The standard InChI is InChI=1S/C19H21N3O2/c1-2-7-20-17(4-1)15-24-19-12-21(10-16-6-9-23-14-16)11-18-5-3-8-22(18)13-19/h1-9,14,19H,10-13,15H2. The van der Waals surface area contributed by atoms with Crippen LogP contribution in [0.25, 0.3) is 0 Å². The largest absolute Gasteiger partial charge is 0.472 e. The number of pyridine rings is 1. The van der Waals surface area contributed by atoms with Crippen molar-refractivity contribution in [3.63, 3.8) is 0 Å². The lowest BCUT2D eigenvalue weighted by molar-refractivity contribution is 0.00722. The van der Waals surface area contributed by atoms with E-state index in [0.29, 0.717) is 6.61 Å². The summed E-state index contributed by atoms with van der Waals surface area (Å²) < 4.78 is 13.7. The monoisotopic (exact) mass is 323 g/mol. The summed E-state index contributed by atoms with van der Waals surface area (Å²) in [4.78, 5) is 6.75. The van der Waals surface area contributed by atoms with Gasteiger partial charge in [-0.3, -0.25) is 9.88 Å². The van der Waals surface area contributed by atoms with Gasteiger partial charge in [-0.15, -0.1) is 0 Å². The molecule has 0 aromatic carbocycles. The molecule has 0 spiro atoms. The van der Waals surface area contributed by atoms with Crippen molar-refractivity contribution in [3.8, 4) is 0 Å². The summed E-state index contributed by atoms with van der Waals surface area (Å²) in [5.41, 5.74) is 3.48. The van der Waals surface area contributed by atoms with Crippen LogP contribution >= 0.6 is 0 Å². The quantitative estimate of drug-likeness (QED) is 0.724. The van der Waals surface area contributed by atoms with Gasteiger partial charge in [-0.05, 0) is 30.3 Å². The molecule has 0 saturated carbocycles. The van der Waals surface area contributed by atoms with Gasteiger partial charge in [0.05, 0.1) is 30.9 Å². The molecule has 0 saturated heterocycles. The summed E-state index contributed by atoms with van der Waals surface area (Å²) in [5.74, 6) is 0. The zero-order valence-corrected chi connectivity index (χ0v) is 13.5. The Balaban J connectivity index is 1.46.